The number of likely N-dealkylation sites (tertiary alicyclic amines) is 1. The number of aliphatic imine (C=N–C) groups is 1. The van der Waals surface area contributed by atoms with Gasteiger partial charge in [-0.15, -0.1) is 24.0 Å². The van der Waals surface area contributed by atoms with Gasteiger partial charge in [0.2, 0.25) is 0 Å². The fourth-order valence-electron chi connectivity index (χ4n) is 4.23. The summed E-state index contributed by atoms with van der Waals surface area (Å²) in [7, 11) is 5.26. The van der Waals surface area contributed by atoms with Crippen molar-refractivity contribution in [2.45, 2.75) is 32.7 Å². The van der Waals surface area contributed by atoms with E-state index in [1.54, 1.807) is 14.2 Å². The number of nitrogens with zero attached hydrogens (tertiary/aromatic N) is 3. The molecule has 6 nitrogen and oxygen atoms in total. The van der Waals surface area contributed by atoms with Crippen molar-refractivity contribution in [3.8, 4) is 11.5 Å². The van der Waals surface area contributed by atoms with E-state index in [-0.39, 0.29) is 24.0 Å². The summed E-state index contributed by atoms with van der Waals surface area (Å²) >= 11 is 0. The molecule has 0 aromatic heterocycles. The van der Waals surface area contributed by atoms with E-state index in [0.29, 0.717) is 0 Å². The van der Waals surface area contributed by atoms with Gasteiger partial charge in [-0.25, -0.2) is 0 Å². The maximum Gasteiger partial charge on any atom is 0.193 e. The minimum absolute atomic E-state index is 0. The zero-order valence-electron chi connectivity index (χ0n) is 17.7. The van der Waals surface area contributed by atoms with Crippen LogP contribution in [0.1, 0.15) is 30.9 Å². The third-order valence-corrected chi connectivity index (χ3v) is 5.69. The highest BCUT2D eigenvalue weighted by Crippen LogP contribution is 2.33. The monoisotopic (exact) mass is 502 g/mol. The number of nitrogens with one attached hydrogen (secondary N) is 1. The molecule has 158 valence electrons. The summed E-state index contributed by atoms with van der Waals surface area (Å²) in [5.74, 6) is 3.33. The number of methoxy groups -OCH3 is 2. The van der Waals surface area contributed by atoms with Crippen LogP contribution in [0.25, 0.3) is 0 Å². The van der Waals surface area contributed by atoms with Crippen molar-refractivity contribution in [2.75, 3.05) is 54.0 Å². The minimum Gasteiger partial charge on any atom is -0.493 e. The van der Waals surface area contributed by atoms with Crippen LogP contribution < -0.4 is 14.8 Å². The van der Waals surface area contributed by atoms with Crippen LogP contribution in [0.5, 0.6) is 11.5 Å². The maximum absolute atomic E-state index is 5.48. The molecule has 7 heteroatoms. The number of hydrogen-bond acceptors (Lipinski definition) is 4. The molecule has 1 fully saturated rings. The van der Waals surface area contributed by atoms with Gasteiger partial charge < -0.3 is 24.6 Å². The van der Waals surface area contributed by atoms with Gasteiger partial charge in [-0.3, -0.25) is 4.99 Å². The summed E-state index contributed by atoms with van der Waals surface area (Å²) in [4.78, 5) is 9.45. The van der Waals surface area contributed by atoms with Gasteiger partial charge in [-0.2, -0.15) is 0 Å². The van der Waals surface area contributed by atoms with Crippen LogP contribution in [-0.4, -0.2) is 69.8 Å². The zero-order chi connectivity index (χ0) is 19.2. The van der Waals surface area contributed by atoms with E-state index >= 15 is 0 Å². The molecule has 0 bridgehead atoms. The molecule has 3 rings (SSSR count). The van der Waals surface area contributed by atoms with E-state index in [4.69, 9.17) is 9.47 Å². The minimum atomic E-state index is 0. The molecule has 0 amide bonds. The number of benzene rings is 1. The fourth-order valence-corrected chi connectivity index (χ4v) is 4.23. The number of guanidine groups is 1. The lowest BCUT2D eigenvalue weighted by molar-refractivity contribution is 0.322. The van der Waals surface area contributed by atoms with Crippen molar-refractivity contribution in [1.29, 1.82) is 0 Å². The molecular formula is C21H35IN4O2. The molecule has 1 aromatic rings. The Kier molecular flexibility index (Phi) is 9.14. The first-order valence-electron chi connectivity index (χ1n) is 10.1. The molecule has 1 atom stereocenters. The average Bonchev–Trinajstić information content (AvgIpc) is 3.15. The van der Waals surface area contributed by atoms with Crippen LogP contribution in [0, 0.1) is 5.92 Å². The summed E-state index contributed by atoms with van der Waals surface area (Å²) in [6.45, 7) is 8.74. The largest absolute Gasteiger partial charge is 0.493 e. The van der Waals surface area contributed by atoms with Crippen molar-refractivity contribution >= 4 is 29.9 Å². The van der Waals surface area contributed by atoms with Crippen LogP contribution in [0.2, 0.25) is 0 Å². The molecule has 2 aliphatic heterocycles. The lowest BCUT2D eigenvalue weighted by Crippen LogP contribution is -2.45. The van der Waals surface area contributed by atoms with Gasteiger partial charge in [-0.05, 0) is 61.5 Å². The molecule has 1 unspecified atom stereocenters. The summed E-state index contributed by atoms with van der Waals surface area (Å²) in [6.07, 6.45) is 3.51. The summed E-state index contributed by atoms with van der Waals surface area (Å²) in [5.41, 5.74) is 2.63. The first-order chi connectivity index (χ1) is 13.2. The summed E-state index contributed by atoms with van der Waals surface area (Å²) in [5, 5.41) is 3.62. The molecule has 28 heavy (non-hydrogen) atoms. The molecule has 1 aromatic carbocycles. The number of ether oxygens (including phenoxy) is 2. The topological polar surface area (TPSA) is 49.3 Å². The molecular weight excluding hydrogens is 467 g/mol. The van der Waals surface area contributed by atoms with Crippen LogP contribution in [0.4, 0.5) is 0 Å². The normalized spacial score (nSPS) is 19.8. The standard InChI is InChI=1S/C21H34N4O2.HI/c1-5-8-24-9-6-16(14-24)13-23-21(22-2)25-10-7-17-11-19(26-3)20(27-4)12-18(17)15-25;/h11-12,16H,5-10,13-15H2,1-4H3,(H,22,23);1H. The number of fused-ring (bicyclic) bond motifs is 1. The van der Waals surface area contributed by atoms with Crippen molar-refractivity contribution < 1.29 is 9.47 Å². The number of halogens is 1. The predicted molar refractivity (Wildman–Crippen MR) is 125 cm³/mol. The molecule has 0 aliphatic carbocycles. The predicted octanol–water partition coefficient (Wildman–Crippen LogP) is 2.99. The molecule has 2 aliphatic rings. The van der Waals surface area contributed by atoms with Gasteiger partial charge in [0.25, 0.3) is 0 Å². The Bertz CT molecular complexity index is 668. The van der Waals surface area contributed by atoms with Gasteiger partial charge in [0.05, 0.1) is 14.2 Å². The molecule has 0 saturated carbocycles. The third-order valence-electron chi connectivity index (χ3n) is 5.69. The van der Waals surface area contributed by atoms with E-state index in [1.165, 1.54) is 43.6 Å². The zero-order valence-corrected chi connectivity index (χ0v) is 20.0. The molecule has 0 spiro atoms. The first kappa shape index (κ1) is 23.1. The Morgan fingerprint density at radius 3 is 2.54 bits per heavy atom. The summed E-state index contributed by atoms with van der Waals surface area (Å²) < 4.78 is 10.9. The highest BCUT2D eigenvalue weighted by molar-refractivity contribution is 14.0. The van der Waals surface area contributed by atoms with Gasteiger partial charge in [0.15, 0.2) is 17.5 Å². The molecule has 2 heterocycles. The van der Waals surface area contributed by atoms with Gasteiger partial charge in [-0.1, -0.05) is 6.92 Å². The SMILES string of the molecule is CCCN1CCC(CNC(=NC)N2CCc3cc(OC)c(OC)cc3C2)C1.I. The Morgan fingerprint density at radius 2 is 1.89 bits per heavy atom. The Labute approximate surface area is 186 Å². The highest BCUT2D eigenvalue weighted by Gasteiger charge is 2.24. The quantitative estimate of drug-likeness (QED) is 0.369. The van der Waals surface area contributed by atoms with E-state index < -0.39 is 0 Å². The molecule has 0 radical (unpaired) electrons. The Morgan fingerprint density at radius 1 is 1.18 bits per heavy atom. The van der Waals surface area contributed by atoms with E-state index in [9.17, 15) is 0 Å². The number of hydrogen-bond donors (Lipinski definition) is 1. The lowest BCUT2D eigenvalue weighted by atomic mass is 9.99. The van der Waals surface area contributed by atoms with Crippen LogP contribution in [0.3, 0.4) is 0 Å². The van der Waals surface area contributed by atoms with Crippen molar-refractivity contribution in [1.82, 2.24) is 15.1 Å². The number of rotatable bonds is 6. The third kappa shape index (κ3) is 5.43. The molecule has 1 saturated heterocycles. The second kappa shape index (κ2) is 11.1. The smallest absolute Gasteiger partial charge is 0.193 e. The van der Waals surface area contributed by atoms with Gasteiger partial charge in [0, 0.05) is 33.2 Å². The van der Waals surface area contributed by atoms with E-state index in [1.807, 2.05) is 7.05 Å². The molecule has 1 N–H and O–H groups in total. The average molecular weight is 502 g/mol. The first-order valence-corrected chi connectivity index (χ1v) is 10.1. The summed E-state index contributed by atoms with van der Waals surface area (Å²) in [6, 6.07) is 4.22. The maximum atomic E-state index is 5.48. The van der Waals surface area contributed by atoms with E-state index in [0.717, 1.165) is 49.4 Å². The second-order valence-electron chi connectivity index (χ2n) is 7.53. The van der Waals surface area contributed by atoms with Crippen LogP contribution in [-0.2, 0) is 13.0 Å². The van der Waals surface area contributed by atoms with E-state index in [2.05, 4.69) is 39.2 Å². The van der Waals surface area contributed by atoms with Crippen molar-refractivity contribution in [2.24, 2.45) is 10.9 Å². The van der Waals surface area contributed by atoms with Crippen molar-refractivity contribution in [3.05, 3.63) is 23.3 Å². The highest BCUT2D eigenvalue weighted by atomic mass is 127. The lowest BCUT2D eigenvalue weighted by Gasteiger charge is -2.32. The van der Waals surface area contributed by atoms with Crippen LogP contribution in [0.15, 0.2) is 17.1 Å². The fraction of sp³-hybridized carbons (Fsp3) is 0.667. The van der Waals surface area contributed by atoms with Crippen LogP contribution >= 0.6 is 24.0 Å². The Balaban J connectivity index is 0.00000280. The second-order valence-corrected chi connectivity index (χ2v) is 7.53. The van der Waals surface area contributed by atoms with Gasteiger partial charge >= 0.3 is 0 Å². The van der Waals surface area contributed by atoms with Crippen molar-refractivity contribution in [3.63, 3.8) is 0 Å². The van der Waals surface area contributed by atoms with Gasteiger partial charge in [0.1, 0.15) is 0 Å². The Hall–Kier alpha value is -1.22.